The van der Waals surface area contributed by atoms with Crippen LogP contribution in [0.15, 0.2) is 12.1 Å². The average Bonchev–Trinajstić information content (AvgIpc) is 2.40. The number of pyridine rings is 1. The number of aromatic carboxylic acids is 1. The van der Waals surface area contributed by atoms with Gasteiger partial charge in [-0.1, -0.05) is 33.6 Å². The molecule has 0 bridgehead atoms. The molecule has 1 fully saturated rings. The van der Waals surface area contributed by atoms with E-state index in [4.69, 9.17) is 0 Å². The first-order valence-corrected chi connectivity index (χ1v) is 7.48. The first-order valence-electron chi connectivity index (χ1n) is 7.48. The van der Waals surface area contributed by atoms with Gasteiger partial charge >= 0.3 is 5.97 Å². The maximum absolute atomic E-state index is 11.3. The molecule has 0 saturated heterocycles. The molecule has 1 heterocycles. The highest BCUT2D eigenvalue weighted by Gasteiger charge is 2.25. The fourth-order valence-electron chi connectivity index (χ4n) is 2.58. The van der Waals surface area contributed by atoms with Crippen LogP contribution in [-0.4, -0.2) is 33.3 Å². The van der Waals surface area contributed by atoms with Crippen molar-refractivity contribution in [2.45, 2.75) is 64.0 Å². The van der Waals surface area contributed by atoms with Crippen LogP contribution in [0.3, 0.4) is 0 Å². The number of aromatic nitrogens is 1. The highest BCUT2D eigenvalue weighted by atomic mass is 16.4. The van der Waals surface area contributed by atoms with Crippen LogP contribution in [0, 0.1) is 0 Å². The maximum Gasteiger partial charge on any atom is 0.335 e. The normalized spacial score (nSPS) is 22.9. The van der Waals surface area contributed by atoms with Crippen molar-refractivity contribution in [2.24, 2.45) is 0 Å². The minimum absolute atomic E-state index is 0.0527. The first-order chi connectivity index (χ1) is 9.77. The fourth-order valence-corrected chi connectivity index (χ4v) is 2.58. The summed E-state index contributed by atoms with van der Waals surface area (Å²) >= 11 is 0. The number of carboxylic acids is 1. The topological polar surface area (TPSA) is 82.5 Å². The van der Waals surface area contributed by atoms with E-state index in [2.05, 4.69) is 10.3 Å². The van der Waals surface area contributed by atoms with E-state index in [-0.39, 0.29) is 17.0 Å². The minimum atomic E-state index is -0.963. The zero-order valence-electron chi connectivity index (χ0n) is 12.9. The van der Waals surface area contributed by atoms with Crippen LogP contribution in [-0.2, 0) is 5.41 Å². The molecular formula is C16H24N2O3. The Morgan fingerprint density at radius 3 is 2.52 bits per heavy atom. The number of carboxylic acid groups (broad SMARTS) is 1. The summed E-state index contributed by atoms with van der Waals surface area (Å²) in [4.78, 5) is 15.8. The Kier molecular flexibility index (Phi) is 4.52. The molecule has 0 aliphatic heterocycles. The van der Waals surface area contributed by atoms with Gasteiger partial charge in [-0.05, 0) is 25.0 Å². The molecule has 0 spiro atoms. The van der Waals surface area contributed by atoms with Crippen LogP contribution >= 0.6 is 0 Å². The van der Waals surface area contributed by atoms with Crippen molar-refractivity contribution in [3.63, 3.8) is 0 Å². The molecule has 2 atom stereocenters. The van der Waals surface area contributed by atoms with Crippen molar-refractivity contribution < 1.29 is 15.0 Å². The van der Waals surface area contributed by atoms with Gasteiger partial charge in [0.1, 0.15) is 5.82 Å². The molecular weight excluding hydrogens is 268 g/mol. The third-order valence-corrected chi connectivity index (χ3v) is 3.90. The van der Waals surface area contributed by atoms with Crippen molar-refractivity contribution in [1.82, 2.24) is 4.98 Å². The molecule has 0 radical (unpaired) electrons. The number of aliphatic hydroxyl groups excluding tert-OH is 1. The van der Waals surface area contributed by atoms with Gasteiger partial charge in [0.2, 0.25) is 0 Å². The lowest BCUT2D eigenvalue weighted by molar-refractivity contribution is 0.0696. The quantitative estimate of drug-likeness (QED) is 0.798. The summed E-state index contributed by atoms with van der Waals surface area (Å²) < 4.78 is 0. The molecule has 116 valence electrons. The molecule has 2 unspecified atom stereocenters. The average molecular weight is 292 g/mol. The molecule has 21 heavy (non-hydrogen) atoms. The Balaban J connectivity index is 2.29. The summed E-state index contributed by atoms with van der Waals surface area (Å²) in [6.07, 6.45) is 3.37. The number of carbonyl (C=O) groups is 1. The van der Waals surface area contributed by atoms with Crippen molar-refractivity contribution in [2.75, 3.05) is 5.32 Å². The van der Waals surface area contributed by atoms with Gasteiger partial charge in [0.25, 0.3) is 0 Å². The number of hydrogen-bond donors (Lipinski definition) is 3. The Morgan fingerprint density at radius 2 is 1.95 bits per heavy atom. The van der Waals surface area contributed by atoms with Gasteiger partial charge in [0, 0.05) is 11.1 Å². The Labute approximate surface area is 125 Å². The van der Waals surface area contributed by atoms with E-state index in [0.29, 0.717) is 5.82 Å². The second-order valence-corrected chi connectivity index (χ2v) is 6.78. The molecule has 1 aliphatic rings. The number of hydrogen-bond acceptors (Lipinski definition) is 4. The molecule has 0 amide bonds. The zero-order valence-corrected chi connectivity index (χ0v) is 12.9. The lowest BCUT2D eigenvalue weighted by Crippen LogP contribution is -2.36. The van der Waals surface area contributed by atoms with Gasteiger partial charge in [-0.2, -0.15) is 0 Å². The Hall–Kier alpha value is -1.62. The molecule has 0 aromatic carbocycles. The summed E-state index contributed by atoms with van der Waals surface area (Å²) in [5.74, 6) is -0.430. The predicted molar refractivity (Wildman–Crippen MR) is 81.8 cm³/mol. The lowest BCUT2D eigenvalue weighted by Gasteiger charge is -2.29. The number of anilines is 1. The van der Waals surface area contributed by atoms with E-state index in [9.17, 15) is 15.0 Å². The van der Waals surface area contributed by atoms with Crippen LogP contribution in [0.2, 0.25) is 0 Å². The molecule has 1 aliphatic carbocycles. The fraction of sp³-hybridized carbons (Fsp3) is 0.625. The standard InChI is InChI=1S/C16H24N2O3/c1-16(2,3)13-8-10(15(20)21)9-14(18-13)17-11-6-4-5-7-12(11)19/h8-9,11-12,19H,4-7H2,1-3H3,(H,17,18)(H,20,21). The van der Waals surface area contributed by atoms with E-state index < -0.39 is 12.1 Å². The lowest BCUT2D eigenvalue weighted by atomic mass is 9.90. The van der Waals surface area contributed by atoms with Gasteiger partial charge in [-0.15, -0.1) is 0 Å². The van der Waals surface area contributed by atoms with Crippen molar-refractivity contribution in [1.29, 1.82) is 0 Å². The van der Waals surface area contributed by atoms with Crippen LogP contribution in [0.5, 0.6) is 0 Å². The maximum atomic E-state index is 11.3. The van der Waals surface area contributed by atoms with Crippen LogP contribution in [0.1, 0.15) is 62.5 Å². The van der Waals surface area contributed by atoms with Crippen LogP contribution < -0.4 is 5.32 Å². The second kappa shape index (κ2) is 6.02. The van der Waals surface area contributed by atoms with Gasteiger partial charge in [0.05, 0.1) is 17.7 Å². The highest BCUT2D eigenvalue weighted by molar-refractivity contribution is 5.88. The molecule has 1 saturated carbocycles. The largest absolute Gasteiger partial charge is 0.478 e. The molecule has 5 heteroatoms. The SMILES string of the molecule is CC(C)(C)c1cc(C(=O)O)cc(NC2CCCCC2O)n1. The van der Waals surface area contributed by atoms with Crippen molar-refractivity contribution in [3.05, 3.63) is 23.4 Å². The smallest absolute Gasteiger partial charge is 0.335 e. The first kappa shape index (κ1) is 15.8. The van der Waals surface area contributed by atoms with E-state index in [0.717, 1.165) is 31.4 Å². The monoisotopic (exact) mass is 292 g/mol. The minimum Gasteiger partial charge on any atom is -0.478 e. The number of aliphatic hydroxyl groups is 1. The molecule has 5 nitrogen and oxygen atoms in total. The van der Waals surface area contributed by atoms with E-state index in [1.54, 1.807) is 12.1 Å². The van der Waals surface area contributed by atoms with Gasteiger partial charge in [-0.3, -0.25) is 0 Å². The predicted octanol–water partition coefficient (Wildman–Crippen LogP) is 2.79. The van der Waals surface area contributed by atoms with E-state index in [1.165, 1.54) is 0 Å². The van der Waals surface area contributed by atoms with Crippen molar-refractivity contribution in [3.8, 4) is 0 Å². The number of nitrogens with one attached hydrogen (secondary N) is 1. The highest BCUT2D eigenvalue weighted by Crippen LogP contribution is 2.26. The van der Waals surface area contributed by atoms with Gasteiger partial charge < -0.3 is 15.5 Å². The summed E-state index contributed by atoms with van der Waals surface area (Å²) in [6.45, 7) is 6.00. The molecule has 1 aromatic heterocycles. The molecule has 1 aromatic rings. The third kappa shape index (κ3) is 3.94. The second-order valence-electron chi connectivity index (χ2n) is 6.78. The van der Waals surface area contributed by atoms with Crippen molar-refractivity contribution >= 4 is 11.8 Å². The van der Waals surface area contributed by atoms with Crippen LogP contribution in [0.25, 0.3) is 0 Å². The van der Waals surface area contributed by atoms with E-state index in [1.807, 2.05) is 20.8 Å². The Morgan fingerprint density at radius 1 is 1.29 bits per heavy atom. The summed E-state index contributed by atoms with van der Waals surface area (Å²) in [6, 6.07) is 3.10. The third-order valence-electron chi connectivity index (χ3n) is 3.90. The number of rotatable bonds is 3. The van der Waals surface area contributed by atoms with Gasteiger partial charge in [0.15, 0.2) is 0 Å². The Bertz CT molecular complexity index is 523. The summed E-state index contributed by atoms with van der Waals surface area (Å²) in [7, 11) is 0. The van der Waals surface area contributed by atoms with E-state index >= 15 is 0 Å². The van der Waals surface area contributed by atoms with Crippen LogP contribution in [0.4, 0.5) is 5.82 Å². The molecule has 2 rings (SSSR count). The molecule has 3 N–H and O–H groups in total. The number of nitrogens with zero attached hydrogens (tertiary/aromatic N) is 1. The summed E-state index contributed by atoms with van der Waals surface area (Å²) in [5, 5.41) is 22.5. The summed E-state index contributed by atoms with van der Waals surface area (Å²) in [5.41, 5.74) is 0.727. The van der Waals surface area contributed by atoms with Gasteiger partial charge in [-0.25, -0.2) is 9.78 Å². The zero-order chi connectivity index (χ0) is 15.6.